The van der Waals surface area contributed by atoms with Crippen molar-refractivity contribution >= 4 is 5.69 Å². The molecule has 0 bridgehead atoms. The Morgan fingerprint density at radius 3 is 2.62 bits per heavy atom. The molecule has 1 aliphatic heterocycles. The van der Waals surface area contributed by atoms with E-state index in [2.05, 4.69) is 11.5 Å². The summed E-state index contributed by atoms with van der Waals surface area (Å²) < 4.78 is 0. The van der Waals surface area contributed by atoms with Crippen molar-refractivity contribution in [1.82, 2.24) is 5.01 Å². The fraction of sp³-hybridized carbons (Fsp3) is 0.0909. The smallest absolute Gasteiger partial charge is 0.0571 e. The molecule has 0 saturated heterocycles. The van der Waals surface area contributed by atoms with Gasteiger partial charge in [0.05, 0.1) is 12.2 Å². The lowest BCUT2D eigenvalue weighted by Crippen LogP contribution is -2.25. The molecule has 0 aromatic heterocycles. The van der Waals surface area contributed by atoms with Crippen molar-refractivity contribution in [2.75, 3.05) is 12.0 Å². The van der Waals surface area contributed by atoms with E-state index in [0.717, 1.165) is 12.2 Å². The maximum absolute atomic E-state index is 3.28. The second kappa shape index (κ2) is 3.81. The van der Waals surface area contributed by atoms with Gasteiger partial charge in [-0.1, -0.05) is 30.4 Å². The molecule has 0 aliphatic carbocycles. The van der Waals surface area contributed by atoms with Crippen LogP contribution in [0.4, 0.5) is 5.69 Å². The number of hydrazine groups is 1. The van der Waals surface area contributed by atoms with Crippen LogP contribution in [0.5, 0.6) is 0 Å². The number of nitrogens with one attached hydrogen (secondary N) is 1. The van der Waals surface area contributed by atoms with Gasteiger partial charge in [-0.25, -0.2) is 0 Å². The highest BCUT2D eigenvalue weighted by Gasteiger charge is 1.97. The van der Waals surface area contributed by atoms with Crippen LogP contribution in [0.1, 0.15) is 0 Å². The van der Waals surface area contributed by atoms with E-state index in [4.69, 9.17) is 0 Å². The summed E-state index contributed by atoms with van der Waals surface area (Å²) in [7, 11) is 0. The van der Waals surface area contributed by atoms with Crippen LogP contribution in [-0.4, -0.2) is 11.6 Å². The van der Waals surface area contributed by atoms with E-state index < -0.39 is 0 Å². The molecule has 13 heavy (non-hydrogen) atoms. The SMILES string of the molecule is C1=CCN(Nc2ccccc2)C=C1. The molecule has 2 nitrogen and oxygen atoms in total. The molecule has 0 saturated carbocycles. The number of para-hydroxylation sites is 1. The van der Waals surface area contributed by atoms with E-state index in [0.29, 0.717) is 0 Å². The summed E-state index contributed by atoms with van der Waals surface area (Å²) in [5.74, 6) is 0. The summed E-state index contributed by atoms with van der Waals surface area (Å²) in [6.07, 6.45) is 8.19. The predicted octanol–water partition coefficient (Wildman–Crippen LogP) is 2.40. The summed E-state index contributed by atoms with van der Waals surface area (Å²) in [4.78, 5) is 0. The van der Waals surface area contributed by atoms with Gasteiger partial charge in [0.25, 0.3) is 0 Å². The maximum Gasteiger partial charge on any atom is 0.0571 e. The molecule has 2 heteroatoms. The van der Waals surface area contributed by atoms with E-state index >= 15 is 0 Å². The maximum atomic E-state index is 3.28. The Labute approximate surface area is 78.2 Å². The molecule has 1 aliphatic rings. The summed E-state index contributed by atoms with van der Waals surface area (Å²) in [6.45, 7) is 0.908. The number of allylic oxidation sites excluding steroid dienone is 2. The lowest BCUT2D eigenvalue weighted by Gasteiger charge is -2.22. The average Bonchev–Trinajstić information content (AvgIpc) is 2.21. The predicted molar refractivity (Wildman–Crippen MR) is 55.1 cm³/mol. The second-order valence-corrected chi connectivity index (χ2v) is 2.90. The first-order valence-electron chi connectivity index (χ1n) is 4.37. The molecule has 0 amide bonds. The van der Waals surface area contributed by atoms with E-state index in [9.17, 15) is 0 Å². The number of anilines is 1. The molecule has 1 aromatic rings. The first-order chi connectivity index (χ1) is 6.45. The number of rotatable bonds is 2. The fourth-order valence-corrected chi connectivity index (χ4v) is 1.23. The molecule has 0 unspecified atom stereocenters. The summed E-state index contributed by atoms with van der Waals surface area (Å²) in [5, 5.41) is 2.04. The first-order valence-corrected chi connectivity index (χ1v) is 4.37. The van der Waals surface area contributed by atoms with Gasteiger partial charge >= 0.3 is 0 Å². The van der Waals surface area contributed by atoms with Crippen molar-refractivity contribution in [1.29, 1.82) is 0 Å². The standard InChI is InChI=1S/C11H12N2/c1-3-7-11(8-4-1)12-13-9-5-2-6-10-13/h1-9,12H,10H2. The third-order valence-electron chi connectivity index (χ3n) is 1.86. The van der Waals surface area contributed by atoms with Gasteiger partial charge in [0, 0.05) is 6.20 Å². The molecule has 0 atom stereocenters. The van der Waals surface area contributed by atoms with Crippen molar-refractivity contribution in [2.24, 2.45) is 0 Å². The summed E-state index contributed by atoms with van der Waals surface area (Å²) in [5.41, 5.74) is 4.39. The van der Waals surface area contributed by atoms with Gasteiger partial charge in [-0.2, -0.15) is 0 Å². The Morgan fingerprint density at radius 2 is 1.92 bits per heavy atom. The van der Waals surface area contributed by atoms with Crippen molar-refractivity contribution in [3.63, 3.8) is 0 Å². The molecule has 1 heterocycles. The molecule has 0 radical (unpaired) electrons. The Bertz CT molecular complexity index is 314. The normalized spacial score (nSPS) is 14.6. The van der Waals surface area contributed by atoms with E-state index in [1.165, 1.54) is 0 Å². The van der Waals surface area contributed by atoms with Gasteiger partial charge in [0.15, 0.2) is 0 Å². The van der Waals surface area contributed by atoms with Gasteiger partial charge in [-0.15, -0.1) is 0 Å². The van der Waals surface area contributed by atoms with Crippen LogP contribution in [0.15, 0.2) is 54.8 Å². The number of hydrogen-bond donors (Lipinski definition) is 1. The first kappa shape index (κ1) is 7.92. The van der Waals surface area contributed by atoms with Gasteiger partial charge in [-0.05, 0) is 18.2 Å². The van der Waals surface area contributed by atoms with Gasteiger partial charge in [-0.3, -0.25) is 10.4 Å². The van der Waals surface area contributed by atoms with Crippen LogP contribution in [-0.2, 0) is 0 Å². The van der Waals surface area contributed by atoms with Gasteiger partial charge in [0.1, 0.15) is 0 Å². The summed E-state index contributed by atoms with van der Waals surface area (Å²) >= 11 is 0. The number of benzene rings is 1. The molecule has 0 fully saturated rings. The number of nitrogens with zero attached hydrogens (tertiary/aromatic N) is 1. The van der Waals surface area contributed by atoms with Crippen LogP contribution >= 0.6 is 0 Å². The third kappa shape index (κ3) is 2.12. The monoisotopic (exact) mass is 172 g/mol. The number of hydrogen-bond acceptors (Lipinski definition) is 2. The molecule has 1 N–H and O–H groups in total. The zero-order chi connectivity index (χ0) is 8.93. The minimum atomic E-state index is 0.908. The van der Waals surface area contributed by atoms with Crippen LogP contribution in [0.25, 0.3) is 0 Å². The molecular formula is C11H12N2. The molecule has 66 valence electrons. The van der Waals surface area contributed by atoms with Gasteiger partial charge < -0.3 is 0 Å². The molecular weight excluding hydrogens is 160 g/mol. The Hall–Kier alpha value is -1.70. The topological polar surface area (TPSA) is 15.3 Å². The Balaban J connectivity index is 1.99. The van der Waals surface area contributed by atoms with Crippen molar-refractivity contribution in [3.05, 3.63) is 54.8 Å². The lowest BCUT2D eigenvalue weighted by atomic mass is 10.3. The van der Waals surface area contributed by atoms with Gasteiger partial charge in [0.2, 0.25) is 0 Å². The quantitative estimate of drug-likeness (QED) is 0.737. The minimum Gasteiger partial charge on any atom is -0.299 e. The molecule has 0 spiro atoms. The van der Waals surface area contributed by atoms with E-state index in [1.807, 2.05) is 53.7 Å². The Kier molecular flexibility index (Phi) is 2.32. The Morgan fingerprint density at radius 1 is 1.08 bits per heavy atom. The fourth-order valence-electron chi connectivity index (χ4n) is 1.23. The largest absolute Gasteiger partial charge is 0.299 e. The second-order valence-electron chi connectivity index (χ2n) is 2.90. The van der Waals surface area contributed by atoms with Crippen LogP contribution in [0, 0.1) is 0 Å². The zero-order valence-electron chi connectivity index (χ0n) is 7.35. The highest BCUT2D eigenvalue weighted by molar-refractivity contribution is 5.42. The minimum absolute atomic E-state index is 0.908. The van der Waals surface area contributed by atoms with Crippen molar-refractivity contribution in [3.8, 4) is 0 Å². The van der Waals surface area contributed by atoms with Crippen molar-refractivity contribution in [2.45, 2.75) is 0 Å². The third-order valence-corrected chi connectivity index (χ3v) is 1.86. The van der Waals surface area contributed by atoms with E-state index in [-0.39, 0.29) is 0 Å². The van der Waals surface area contributed by atoms with Crippen LogP contribution in [0.3, 0.4) is 0 Å². The van der Waals surface area contributed by atoms with Crippen LogP contribution in [0.2, 0.25) is 0 Å². The van der Waals surface area contributed by atoms with Crippen LogP contribution < -0.4 is 5.43 Å². The molecule has 1 aromatic carbocycles. The summed E-state index contributed by atoms with van der Waals surface area (Å²) in [6, 6.07) is 10.1. The molecule has 2 rings (SSSR count). The van der Waals surface area contributed by atoms with Crippen molar-refractivity contribution < 1.29 is 0 Å². The zero-order valence-corrected chi connectivity index (χ0v) is 7.35. The van der Waals surface area contributed by atoms with E-state index in [1.54, 1.807) is 0 Å². The average molecular weight is 172 g/mol. The highest BCUT2D eigenvalue weighted by atomic mass is 15.5. The highest BCUT2D eigenvalue weighted by Crippen LogP contribution is 2.08. The lowest BCUT2D eigenvalue weighted by molar-refractivity contribution is 0.495.